The average molecular weight is 318 g/mol. The predicted molar refractivity (Wildman–Crippen MR) is 97.0 cm³/mol. The Labute approximate surface area is 137 Å². The van der Waals surface area contributed by atoms with Crippen LogP contribution in [-0.4, -0.2) is 5.11 Å². The molecule has 0 atom stereocenters. The minimum atomic E-state index is -0.132. The Hall–Kier alpha value is -2.49. The first-order valence-electron chi connectivity index (χ1n) is 7.43. The van der Waals surface area contributed by atoms with Gasteiger partial charge in [0.1, 0.15) is 0 Å². The normalized spacial score (nSPS) is 11.2. The average Bonchev–Trinajstić information content (AvgIpc) is 2.61. The maximum atomic E-state index is 13.2. The largest absolute Gasteiger partial charge is 0.391 e. The molecule has 1 N–H and O–H groups in total. The van der Waals surface area contributed by atoms with Gasteiger partial charge in [-0.2, -0.15) is 0 Å². The van der Waals surface area contributed by atoms with E-state index in [-0.39, 0.29) is 12.0 Å². The molecule has 0 fully saturated rings. The summed E-state index contributed by atoms with van der Waals surface area (Å²) in [7, 11) is 0. The van der Waals surface area contributed by atoms with Gasteiger partial charge >= 0.3 is 0 Å². The van der Waals surface area contributed by atoms with Crippen LogP contribution in [0.5, 0.6) is 0 Å². The van der Waals surface area contributed by atoms with E-state index in [4.69, 9.17) is 0 Å². The monoisotopic (exact) mass is 318 g/mol. The van der Waals surface area contributed by atoms with E-state index in [2.05, 4.69) is 0 Å². The molecule has 4 aromatic rings. The second-order valence-corrected chi connectivity index (χ2v) is 6.55. The van der Waals surface area contributed by atoms with E-state index in [1.807, 2.05) is 66.7 Å². The third kappa shape index (κ3) is 2.25. The van der Waals surface area contributed by atoms with E-state index in [0.29, 0.717) is 10.4 Å². The lowest BCUT2D eigenvalue weighted by molar-refractivity contribution is 0.286. The Bertz CT molecular complexity index is 1070. The van der Waals surface area contributed by atoms with Crippen LogP contribution in [0.4, 0.5) is 0 Å². The Balaban J connectivity index is 2.20. The Kier molecular flexibility index (Phi) is 3.45. The highest BCUT2D eigenvalue weighted by Gasteiger charge is 2.15. The second-order valence-electron chi connectivity index (χ2n) is 5.41. The van der Waals surface area contributed by atoms with E-state index in [1.165, 1.54) is 11.3 Å². The zero-order valence-electron chi connectivity index (χ0n) is 12.3. The molecule has 0 aliphatic carbocycles. The predicted octanol–water partition coefficient (Wildman–Crippen LogP) is 4.57. The highest BCUT2D eigenvalue weighted by molar-refractivity contribution is 7.18. The van der Waals surface area contributed by atoms with Gasteiger partial charge in [-0.25, -0.2) is 0 Å². The lowest BCUT2D eigenvalue weighted by Crippen LogP contribution is -2.08. The zero-order valence-corrected chi connectivity index (χ0v) is 13.1. The van der Waals surface area contributed by atoms with Gasteiger partial charge in [-0.3, -0.25) is 4.79 Å². The fourth-order valence-electron chi connectivity index (χ4n) is 3.01. The van der Waals surface area contributed by atoms with Gasteiger partial charge in [0.2, 0.25) is 0 Å². The molecule has 4 rings (SSSR count). The molecule has 0 saturated heterocycles. The van der Waals surface area contributed by atoms with Crippen LogP contribution in [0.15, 0.2) is 71.5 Å². The van der Waals surface area contributed by atoms with Crippen LogP contribution in [0, 0.1) is 0 Å². The Morgan fingerprint density at radius 2 is 1.61 bits per heavy atom. The molecule has 0 bridgehead atoms. The van der Waals surface area contributed by atoms with E-state index in [0.717, 1.165) is 26.4 Å². The van der Waals surface area contributed by atoms with Crippen LogP contribution in [-0.2, 0) is 6.61 Å². The third-order valence-corrected chi connectivity index (χ3v) is 5.20. The summed E-state index contributed by atoms with van der Waals surface area (Å²) in [6, 6.07) is 21.5. The maximum absolute atomic E-state index is 13.2. The van der Waals surface area contributed by atoms with Crippen molar-refractivity contribution in [1.82, 2.24) is 0 Å². The van der Waals surface area contributed by atoms with Gasteiger partial charge in [0.15, 0.2) is 5.43 Å². The Morgan fingerprint density at radius 1 is 0.870 bits per heavy atom. The van der Waals surface area contributed by atoms with Gasteiger partial charge in [-0.15, -0.1) is 11.3 Å². The summed E-state index contributed by atoms with van der Waals surface area (Å²) in [6.45, 7) is -0.132. The fourth-order valence-corrected chi connectivity index (χ4v) is 4.10. The number of rotatable bonds is 2. The summed E-state index contributed by atoms with van der Waals surface area (Å²) in [6.07, 6.45) is 0. The van der Waals surface area contributed by atoms with Crippen LogP contribution >= 0.6 is 11.3 Å². The summed E-state index contributed by atoms with van der Waals surface area (Å²) in [4.78, 5) is 13.9. The van der Waals surface area contributed by atoms with Crippen molar-refractivity contribution in [3.05, 3.63) is 81.8 Å². The van der Waals surface area contributed by atoms with Gasteiger partial charge in [0.05, 0.1) is 6.61 Å². The summed E-state index contributed by atoms with van der Waals surface area (Å²) in [5, 5.41) is 12.5. The van der Waals surface area contributed by atoms with Crippen LogP contribution in [0.1, 0.15) is 4.88 Å². The van der Waals surface area contributed by atoms with E-state index < -0.39 is 0 Å². The molecule has 0 aliphatic heterocycles. The highest BCUT2D eigenvalue weighted by atomic mass is 32.1. The molecule has 2 nitrogen and oxygen atoms in total. The molecular formula is C20H14O2S. The van der Waals surface area contributed by atoms with Gasteiger partial charge < -0.3 is 5.11 Å². The number of aliphatic hydroxyl groups excluding tert-OH is 1. The number of hydrogen-bond acceptors (Lipinski definition) is 3. The number of benzene rings is 3. The van der Waals surface area contributed by atoms with Crippen LogP contribution < -0.4 is 5.43 Å². The number of fused-ring (bicyclic) bond motifs is 3. The standard InChI is InChI=1S/C20H14O2S/c21-12-17-18(14-7-2-1-3-8-14)20(22)19-15-9-5-4-6-13(15)10-11-16(19)23-17/h1-11,21H,12H2. The van der Waals surface area contributed by atoms with Crippen molar-refractivity contribution >= 4 is 32.2 Å². The maximum Gasteiger partial charge on any atom is 0.196 e. The summed E-state index contributed by atoms with van der Waals surface area (Å²) in [5.74, 6) is 0. The first-order chi connectivity index (χ1) is 11.3. The smallest absolute Gasteiger partial charge is 0.196 e. The van der Waals surface area contributed by atoms with Crippen molar-refractivity contribution < 1.29 is 5.11 Å². The Morgan fingerprint density at radius 3 is 2.39 bits per heavy atom. The lowest BCUT2D eigenvalue weighted by Gasteiger charge is -2.10. The molecule has 0 radical (unpaired) electrons. The van der Waals surface area contributed by atoms with Gasteiger partial charge in [0.25, 0.3) is 0 Å². The van der Waals surface area contributed by atoms with Gasteiger partial charge in [0, 0.05) is 20.5 Å². The first-order valence-corrected chi connectivity index (χ1v) is 8.25. The first kappa shape index (κ1) is 14.1. The molecule has 0 saturated carbocycles. The molecule has 23 heavy (non-hydrogen) atoms. The SMILES string of the molecule is O=c1c(-c2ccccc2)c(CO)sc2ccc3ccccc3c12. The van der Waals surface area contributed by atoms with Crippen molar-refractivity contribution in [3.63, 3.8) is 0 Å². The van der Waals surface area contributed by atoms with Crippen LogP contribution in [0.25, 0.3) is 32.0 Å². The number of hydrogen-bond donors (Lipinski definition) is 1. The minimum Gasteiger partial charge on any atom is -0.391 e. The molecule has 3 heteroatoms. The fraction of sp³-hybridized carbons (Fsp3) is 0.0500. The van der Waals surface area contributed by atoms with E-state index >= 15 is 0 Å². The third-order valence-electron chi connectivity index (χ3n) is 4.06. The van der Waals surface area contributed by atoms with Crippen molar-refractivity contribution in [2.75, 3.05) is 0 Å². The van der Waals surface area contributed by atoms with Gasteiger partial charge in [-0.05, 0) is 22.4 Å². The van der Waals surface area contributed by atoms with Crippen LogP contribution in [0.3, 0.4) is 0 Å². The molecule has 0 unspecified atom stereocenters. The zero-order chi connectivity index (χ0) is 15.8. The van der Waals surface area contributed by atoms with E-state index in [1.54, 1.807) is 0 Å². The molecule has 0 amide bonds. The van der Waals surface area contributed by atoms with Crippen molar-refractivity contribution in [2.45, 2.75) is 6.61 Å². The van der Waals surface area contributed by atoms with Crippen LogP contribution in [0.2, 0.25) is 0 Å². The summed E-state index contributed by atoms with van der Waals surface area (Å²) >= 11 is 1.49. The number of aliphatic hydroxyl groups is 1. The van der Waals surface area contributed by atoms with Gasteiger partial charge in [-0.1, -0.05) is 60.7 Å². The van der Waals surface area contributed by atoms with Crippen molar-refractivity contribution in [2.24, 2.45) is 0 Å². The molecular weight excluding hydrogens is 304 g/mol. The molecule has 0 spiro atoms. The molecule has 0 aliphatic rings. The lowest BCUT2D eigenvalue weighted by atomic mass is 10.0. The second kappa shape index (κ2) is 5.61. The summed E-state index contributed by atoms with van der Waals surface area (Å²) in [5.41, 5.74) is 1.46. The quantitative estimate of drug-likeness (QED) is 0.550. The minimum absolute atomic E-state index is 0.00852. The van der Waals surface area contributed by atoms with E-state index in [9.17, 15) is 9.90 Å². The van der Waals surface area contributed by atoms with Crippen molar-refractivity contribution in [3.8, 4) is 11.1 Å². The molecule has 1 aromatic heterocycles. The molecule has 3 aromatic carbocycles. The van der Waals surface area contributed by atoms with Crippen molar-refractivity contribution in [1.29, 1.82) is 0 Å². The molecule has 1 heterocycles. The summed E-state index contributed by atoms with van der Waals surface area (Å²) < 4.78 is 0.914. The highest BCUT2D eigenvalue weighted by Crippen LogP contribution is 2.32. The molecule has 112 valence electrons. The topological polar surface area (TPSA) is 37.3 Å².